The van der Waals surface area contributed by atoms with Gasteiger partial charge in [-0.3, -0.25) is 0 Å². The number of halogens is 2. The Bertz CT molecular complexity index is 272. The van der Waals surface area contributed by atoms with Crippen LogP contribution in [0.3, 0.4) is 0 Å². The van der Waals surface area contributed by atoms with E-state index in [0.29, 0.717) is 0 Å². The van der Waals surface area contributed by atoms with Crippen molar-refractivity contribution in [1.82, 2.24) is 0 Å². The minimum Gasteiger partial charge on any atom is -1.00 e. The molecule has 0 atom stereocenters. The van der Waals surface area contributed by atoms with Gasteiger partial charge in [-0.25, -0.2) is 0 Å². The van der Waals surface area contributed by atoms with Crippen molar-refractivity contribution in [3.05, 3.63) is 35.4 Å². The molecule has 0 saturated carbocycles. The van der Waals surface area contributed by atoms with Crippen LogP contribution in [0.25, 0.3) is 0 Å². The van der Waals surface area contributed by atoms with Gasteiger partial charge < -0.3 is 45.4 Å². The number of nitrogens with two attached hydrogens (primary N) is 2. The number of hydrogen-bond donors (Lipinski definition) is 2. The van der Waals surface area contributed by atoms with E-state index in [1.54, 1.807) is 0 Å². The molecule has 0 aliphatic carbocycles. The van der Waals surface area contributed by atoms with Gasteiger partial charge in [0, 0.05) is 36.1 Å². The highest BCUT2D eigenvalue weighted by atomic mass is 79.9. The van der Waals surface area contributed by atoms with Crippen molar-refractivity contribution in [2.45, 2.75) is 11.5 Å². The zero-order valence-electron chi connectivity index (χ0n) is 10.3. The summed E-state index contributed by atoms with van der Waals surface area (Å²) in [5.74, 6) is 4.20. The van der Waals surface area contributed by atoms with Gasteiger partial charge in [0.25, 0.3) is 0 Å². The van der Waals surface area contributed by atoms with Gasteiger partial charge >= 0.3 is 0 Å². The largest absolute Gasteiger partial charge is 1.00 e. The maximum absolute atomic E-state index is 5.49. The highest BCUT2D eigenvalue weighted by molar-refractivity contribution is 7.98. The Kier molecular flexibility index (Phi) is 16.7. The van der Waals surface area contributed by atoms with E-state index in [4.69, 9.17) is 11.5 Å². The quantitative estimate of drug-likeness (QED) is 0.426. The van der Waals surface area contributed by atoms with Crippen LogP contribution in [-0.4, -0.2) is 24.6 Å². The molecule has 0 spiro atoms. The lowest BCUT2D eigenvalue weighted by Crippen LogP contribution is -3.00. The number of rotatable bonds is 8. The maximum atomic E-state index is 5.49. The average molecular weight is 416 g/mol. The summed E-state index contributed by atoms with van der Waals surface area (Å²) in [6, 6.07) is 8.63. The Balaban J connectivity index is 0. The zero-order valence-corrected chi connectivity index (χ0v) is 15.1. The van der Waals surface area contributed by atoms with Crippen LogP contribution >= 0.6 is 23.5 Å². The summed E-state index contributed by atoms with van der Waals surface area (Å²) in [4.78, 5) is 0. The van der Waals surface area contributed by atoms with Crippen molar-refractivity contribution in [1.29, 1.82) is 0 Å². The summed E-state index contributed by atoms with van der Waals surface area (Å²) in [6.45, 7) is 1.52. The van der Waals surface area contributed by atoms with Crippen LogP contribution in [0, 0.1) is 0 Å². The average Bonchev–Trinajstić information content (AvgIpc) is 2.32. The van der Waals surface area contributed by atoms with Crippen LogP contribution in [0.1, 0.15) is 11.1 Å². The number of hydrogen-bond acceptors (Lipinski definition) is 4. The Hall–Kier alpha value is 0.800. The Morgan fingerprint density at radius 3 is 1.50 bits per heavy atom. The van der Waals surface area contributed by atoms with Crippen molar-refractivity contribution >= 4 is 23.5 Å². The molecule has 106 valence electrons. The van der Waals surface area contributed by atoms with Gasteiger partial charge in [-0.1, -0.05) is 24.3 Å². The first kappa shape index (κ1) is 21.1. The Morgan fingerprint density at radius 2 is 1.17 bits per heavy atom. The lowest BCUT2D eigenvalue weighted by Gasteiger charge is -2.08. The summed E-state index contributed by atoms with van der Waals surface area (Å²) in [6.07, 6.45) is 0. The predicted molar refractivity (Wildman–Crippen MR) is 76.9 cm³/mol. The first-order valence-electron chi connectivity index (χ1n) is 5.51. The topological polar surface area (TPSA) is 52.0 Å². The summed E-state index contributed by atoms with van der Waals surface area (Å²) in [5, 5.41) is 0. The molecule has 1 rings (SSSR count). The van der Waals surface area contributed by atoms with Gasteiger partial charge in [0.05, 0.1) is 0 Å². The first-order valence-corrected chi connectivity index (χ1v) is 7.82. The molecule has 4 N–H and O–H groups in total. The fourth-order valence-electron chi connectivity index (χ4n) is 1.37. The van der Waals surface area contributed by atoms with E-state index in [-0.39, 0.29) is 34.0 Å². The molecule has 1 aromatic carbocycles. The van der Waals surface area contributed by atoms with Gasteiger partial charge in [-0.15, -0.1) is 0 Å². The van der Waals surface area contributed by atoms with E-state index in [2.05, 4.69) is 24.3 Å². The highest BCUT2D eigenvalue weighted by Gasteiger charge is 2.01. The maximum Gasteiger partial charge on any atom is 0.0188 e. The van der Waals surface area contributed by atoms with E-state index in [0.717, 1.165) is 36.1 Å². The molecule has 1 aromatic rings. The fourth-order valence-corrected chi connectivity index (χ4v) is 3.00. The molecule has 0 heterocycles. The molecule has 0 amide bonds. The molecule has 0 aliphatic heterocycles. The normalized spacial score (nSPS) is 9.44. The first-order chi connectivity index (χ1) is 7.88. The summed E-state index contributed by atoms with van der Waals surface area (Å²) in [5.41, 5.74) is 13.9. The van der Waals surface area contributed by atoms with E-state index in [9.17, 15) is 0 Å². The predicted octanol–water partition coefficient (Wildman–Crippen LogP) is -3.92. The van der Waals surface area contributed by atoms with Gasteiger partial charge in [-0.05, 0) is 11.1 Å². The summed E-state index contributed by atoms with van der Waals surface area (Å²) >= 11 is 3.80. The molecular formula is C12H20Br2N2S2-2. The van der Waals surface area contributed by atoms with Crippen molar-refractivity contribution in [2.24, 2.45) is 11.5 Å². The van der Waals surface area contributed by atoms with Crippen molar-refractivity contribution in [2.75, 3.05) is 24.6 Å². The van der Waals surface area contributed by atoms with Crippen LogP contribution in [0.2, 0.25) is 0 Å². The summed E-state index contributed by atoms with van der Waals surface area (Å²) < 4.78 is 0. The van der Waals surface area contributed by atoms with Crippen LogP contribution in [0.4, 0.5) is 0 Å². The number of benzene rings is 1. The number of thioether (sulfide) groups is 2. The minimum atomic E-state index is 0. The molecule has 0 aromatic heterocycles. The SMILES string of the molecule is NCCSCc1ccccc1CSCCN.[Br-].[Br-]. The van der Waals surface area contributed by atoms with Crippen molar-refractivity contribution in [3.63, 3.8) is 0 Å². The third kappa shape index (κ3) is 8.82. The van der Waals surface area contributed by atoms with Gasteiger partial charge in [0.1, 0.15) is 0 Å². The van der Waals surface area contributed by atoms with E-state index >= 15 is 0 Å². The smallest absolute Gasteiger partial charge is 0.0188 e. The molecule has 0 unspecified atom stereocenters. The standard InChI is InChI=1S/C12H20N2S2.2BrH/c13-5-7-15-9-11-3-1-2-4-12(11)10-16-8-6-14;;/h1-4H,5-10,13-14H2;2*1H/p-2. The van der Waals surface area contributed by atoms with Crippen molar-refractivity contribution < 1.29 is 34.0 Å². The Morgan fingerprint density at radius 1 is 0.778 bits per heavy atom. The van der Waals surface area contributed by atoms with Gasteiger partial charge in [-0.2, -0.15) is 23.5 Å². The van der Waals surface area contributed by atoms with Crippen LogP contribution in [0.15, 0.2) is 24.3 Å². The minimum absolute atomic E-state index is 0. The molecule has 18 heavy (non-hydrogen) atoms. The third-order valence-electron chi connectivity index (χ3n) is 2.16. The van der Waals surface area contributed by atoms with Gasteiger partial charge in [0.2, 0.25) is 0 Å². The monoisotopic (exact) mass is 414 g/mol. The highest BCUT2D eigenvalue weighted by Crippen LogP contribution is 2.20. The second-order valence-electron chi connectivity index (χ2n) is 3.45. The molecule has 0 fully saturated rings. The Labute approximate surface area is 140 Å². The van der Waals surface area contributed by atoms with E-state index in [1.807, 2.05) is 23.5 Å². The van der Waals surface area contributed by atoms with Crippen LogP contribution in [0.5, 0.6) is 0 Å². The van der Waals surface area contributed by atoms with E-state index in [1.165, 1.54) is 11.1 Å². The lowest BCUT2D eigenvalue weighted by molar-refractivity contribution is -0.00100. The third-order valence-corrected chi connectivity index (χ3v) is 4.24. The second-order valence-corrected chi connectivity index (χ2v) is 5.66. The molecule has 0 bridgehead atoms. The fraction of sp³-hybridized carbons (Fsp3) is 0.500. The lowest BCUT2D eigenvalue weighted by atomic mass is 10.1. The second kappa shape index (κ2) is 14.2. The zero-order chi connectivity index (χ0) is 11.6. The van der Waals surface area contributed by atoms with Crippen LogP contribution < -0.4 is 45.4 Å². The molecule has 0 saturated heterocycles. The molecule has 6 heteroatoms. The molecule has 2 nitrogen and oxygen atoms in total. The van der Waals surface area contributed by atoms with Gasteiger partial charge in [0.15, 0.2) is 0 Å². The summed E-state index contributed by atoms with van der Waals surface area (Å²) in [7, 11) is 0. The molecular weight excluding hydrogens is 396 g/mol. The van der Waals surface area contributed by atoms with Crippen LogP contribution in [-0.2, 0) is 11.5 Å². The molecule has 0 aliphatic rings. The van der Waals surface area contributed by atoms with Crippen molar-refractivity contribution in [3.8, 4) is 0 Å². The van der Waals surface area contributed by atoms with E-state index < -0.39 is 0 Å². The molecule has 0 radical (unpaired) electrons.